The minimum atomic E-state index is -1.14. The molecule has 0 aliphatic heterocycles. The van der Waals surface area contributed by atoms with Crippen LogP contribution >= 0.6 is 0 Å². The zero-order chi connectivity index (χ0) is 15.9. The quantitative estimate of drug-likeness (QED) is 0.596. The minimum Gasteiger partial charge on any atom is -0.383 e. The third kappa shape index (κ3) is 4.56. The van der Waals surface area contributed by atoms with Crippen LogP contribution in [0.25, 0.3) is 0 Å². The number of anilines is 1. The SMILES string of the molecule is CCc1ccccc1NC(=O)C(C)(C)C(=O)NCCOC. The number of hydrogen-bond donors (Lipinski definition) is 2. The van der Waals surface area contributed by atoms with Gasteiger partial charge in [0.1, 0.15) is 5.41 Å². The molecule has 0 saturated heterocycles. The van der Waals surface area contributed by atoms with Gasteiger partial charge >= 0.3 is 0 Å². The molecule has 5 nitrogen and oxygen atoms in total. The van der Waals surface area contributed by atoms with Gasteiger partial charge in [-0.1, -0.05) is 25.1 Å². The van der Waals surface area contributed by atoms with Crippen molar-refractivity contribution in [2.75, 3.05) is 25.6 Å². The molecule has 5 heteroatoms. The summed E-state index contributed by atoms with van der Waals surface area (Å²) in [6, 6.07) is 7.59. The molecule has 1 aromatic rings. The molecular weight excluding hydrogens is 268 g/mol. The lowest BCUT2D eigenvalue weighted by molar-refractivity contribution is -0.138. The van der Waals surface area contributed by atoms with E-state index < -0.39 is 5.41 Å². The molecular formula is C16H24N2O3. The van der Waals surface area contributed by atoms with Crippen LogP contribution in [0.4, 0.5) is 5.69 Å². The summed E-state index contributed by atoms with van der Waals surface area (Å²) >= 11 is 0. The minimum absolute atomic E-state index is 0.314. The van der Waals surface area contributed by atoms with Crippen LogP contribution in [0.5, 0.6) is 0 Å². The number of amides is 2. The maximum atomic E-state index is 12.4. The molecule has 0 aromatic heterocycles. The van der Waals surface area contributed by atoms with Crippen LogP contribution in [0, 0.1) is 5.41 Å². The Labute approximate surface area is 126 Å². The Kier molecular flexibility index (Phi) is 6.37. The van der Waals surface area contributed by atoms with Crippen LogP contribution in [0.2, 0.25) is 0 Å². The van der Waals surface area contributed by atoms with Gasteiger partial charge < -0.3 is 15.4 Å². The summed E-state index contributed by atoms with van der Waals surface area (Å²) < 4.78 is 4.88. The van der Waals surface area contributed by atoms with Crippen molar-refractivity contribution in [1.82, 2.24) is 5.32 Å². The van der Waals surface area contributed by atoms with Crippen molar-refractivity contribution in [3.63, 3.8) is 0 Å². The molecule has 0 bridgehead atoms. The van der Waals surface area contributed by atoms with Crippen LogP contribution in [-0.4, -0.2) is 32.1 Å². The number of carbonyl (C=O) groups is 2. The number of methoxy groups -OCH3 is 1. The van der Waals surface area contributed by atoms with E-state index in [4.69, 9.17) is 4.74 Å². The Balaban J connectivity index is 2.74. The number of nitrogens with one attached hydrogen (secondary N) is 2. The summed E-state index contributed by atoms with van der Waals surface area (Å²) in [6.45, 7) is 6.05. The summed E-state index contributed by atoms with van der Waals surface area (Å²) in [5, 5.41) is 5.54. The number of benzene rings is 1. The topological polar surface area (TPSA) is 67.4 Å². The fourth-order valence-corrected chi connectivity index (χ4v) is 1.82. The van der Waals surface area contributed by atoms with Gasteiger partial charge in [-0.05, 0) is 31.9 Å². The van der Waals surface area contributed by atoms with Crippen molar-refractivity contribution in [1.29, 1.82) is 0 Å². The lowest BCUT2D eigenvalue weighted by Crippen LogP contribution is -2.46. The van der Waals surface area contributed by atoms with E-state index >= 15 is 0 Å². The highest BCUT2D eigenvalue weighted by molar-refractivity contribution is 6.10. The third-order valence-electron chi connectivity index (χ3n) is 3.37. The van der Waals surface area contributed by atoms with E-state index in [2.05, 4.69) is 10.6 Å². The molecule has 0 aliphatic rings. The van der Waals surface area contributed by atoms with E-state index in [1.54, 1.807) is 21.0 Å². The van der Waals surface area contributed by atoms with E-state index in [9.17, 15) is 9.59 Å². The second-order valence-electron chi connectivity index (χ2n) is 5.34. The smallest absolute Gasteiger partial charge is 0.239 e. The third-order valence-corrected chi connectivity index (χ3v) is 3.37. The molecule has 21 heavy (non-hydrogen) atoms. The highest BCUT2D eigenvalue weighted by atomic mass is 16.5. The van der Waals surface area contributed by atoms with Gasteiger partial charge in [0.05, 0.1) is 6.61 Å². The fraction of sp³-hybridized carbons (Fsp3) is 0.500. The van der Waals surface area contributed by atoms with Crippen LogP contribution < -0.4 is 10.6 Å². The number of hydrogen-bond acceptors (Lipinski definition) is 3. The Morgan fingerprint density at radius 3 is 2.48 bits per heavy atom. The van der Waals surface area contributed by atoms with Crippen LogP contribution in [-0.2, 0) is 20.7 Å². The summed E-state index contributed by atoms with van der Waals surface area (Å²) in [5.41, 5.74) is 0.651. The first-order valence-electron chi connectivity index (χ1n) is 7.10. The predicted octanol–water partition coefficient (Wildman–Crippen LogP) is 1.98. The highest BCUT2D eigenvalue weighted by Gasteiger charge is 2.36. The lowest BCUT2D eigenvalue weighted by Gasteiger charge is -2.23. The lowest BCUT2D eigenvalue weighted by atomic mass is 9.90. The zero-order valence-corrected chi connectivity index (χ0v) is 13.2. The van der Waals surface area contributed by atoms with E-state index in [1.165, 1.54) is 0 Å². The first-order valence-corrected chi connectivity index (χ1v) is 7.10. The van der Waals surface area contributed by atoms with Crippen molar-refractivity contribution in [3.8, 4) is 0 Å². The first-order chi connectivity index (χ1) is 9.93. The first kappa shape index (κ1) is 17.2. The van der Waals surface area contributed by atoms with Crippen LogP contribution in [0.1, 0.15) is 26.3 Å². The van der Waals surface area contributed by atoms with Crippen molar-refractivity contribution in [2.45, 2.75) is 27.2 Å². The summed E-state index contributed by atoms with van der Waals surface area (Å²) in [5.74, 6) is -0.635. The standard InChI is InChI=1S/C16H24N2O3/c1-5-12-8-6-7-9-13(12)18-15(20)16(2,3)14(19)17-10-11-21-4/h6-9H,5,10-11H2,1-4H3,(H,17,19)(H,18,20). The fourth-order valence-electron chi connectivity index (χ4n) is 1.82. The van der Waals surface area contributed by atoms with Gasteiger partial charge in [-0.3, -0.25) is 9.59 Å². The van der Waals surface area contributed by atoms with Gasteiger partial charge in [-0.25, -0.2) is 0 Å². The van der Waals surface area contributed by atoms with Gasteiger partial charge in [0.15, 0.2) is 0 Å². The predicted molar refractivity (Wildman–Crippen MR) is 83.1 cm³/mol. The van der Waals surface area contributed by atoms with Gasteiger partial charge in [-0.2, -0.15) is 0 Å². The number of carbonyl (C=O) groups excluding carboxylic acids is 2. The van der Waals surface area contributed by atoms with Crippen LogP contribution in [0.15, 0.2) is 24.3 Å². The monoisotopic (exact) mass is 292 g/mol. The molecule has 2 amide bonds. The van der Waals surface area contributed by atoms with E-state index in [0.717, 1.165) is 17.7 Å². The van der Waals surface area contributed by atoms with Gasteiger partial charge in [0, 0.05) is 19.3 Å². The second-order valence-corrected chi connectivity index (χ2v) is 5.34. The second kappa shape index (κ2) is 7.78. The number of aryl methyl sites for hydroxylation is 1. The average molecular weight is 292 g/mol. The van der Waals surface area contributed by atoms with E-state index in [0.29, 0.717) is 13.2 Å². The molecule has 1 rings (SSSR count). The van der Waals surface area contributed by atoms with Crippen molar-refractivity contribution in [3.05, 3.63) is 29.8 Å². The van der Waals surface area contributed by atoms with Crippen molar-refractivity contribution < 1.29 is 14.3 Å². The number of ether oxygens (including phenoxy) is 1. The molecule has 0 atom stereocenters. The summed E-state index contributed by atoms with van der Waals surface area (Å²) in [4.78, 5) is 24.5. The van der Waals surface area contributed by atoms with Gasteiger partial charge in [0.25, 0.3) is 0 Å². The number of para-hydroxylation sites is 1. The zero-order valence-electron chi connectivity index (χ0n) is 13.2. The molecule has 0 unspecified atom stereocenters. The Morgan fingerprint density at radius 2 is 1.86 bits per heavy atom. The maximum Gasteiger partial charge on any atom is 0.239 e. The molecule has 0 heterocycles. The normalized spacial score (nSPS) is 11.0. The van der Waals surface area contributed by atoms with E-state index in [1.807, 2.05) is 31.2 Å². The average Bonchev–Trinajstić information content (AvgIpc) is 2.47. The Hall–Kier alpha value is -1.88. The highest BCUT2D eigenvalue weighted by Crippen LogP contribution is 2.21. The van der Waals surface area contributed by atoms with E-state index in [-0.39, 0.29) is 11.8 Å². The van der Waals surface area contributed by atoms with Crippen LogP contribution in [0.3, 0.4) is 0 Å². The molecule has 0 fully saturated rings. The summed E-state index contributed by atoms with van der Waals surface area (Å²) in [6.07, 6.45) is 0.816. The summed E-state index contributed by atoms with van der Waals surface area (Å²) in [7, 11) is 1.56. The van der Waals surface area contributed by atoms with Gasteiger partial charge in [-0.15, -0.1) is 0 Å². The molecule has 1 aromatic carbocycles. The van der Waals surface area contributed by atoms with Crippen molar-refractivity contribution >= 4 is 17.5 Å². The molecule has 0 radical (unpaired) electrons. The Morgan fingerprint density at radius 1 is 1.19 bits per heavy atom. The van der Waals surface area contributed by atoms with Crippen molar-refractivity contribution in [2.24, 2.45) is 5.41 Å². The molecule has 116 valence electrons. The molecule has 0 aliphatic carbocycles. The molecule has 2 N–H and O–H groups in total. The number of rotatable bonds is 7. The van der Waals surface area contributed by atoms with Gasteiger partial charge in [0.2, 0.25) is 11.8 Å². The Bertz CT molecular complexity index is 498. The molecule has 0 saturated carbocycles. The largest absolute Gasteiger partial charge is 0.383 e. The molecule has 0 spiro atoms. The maximum absolute atomic E-state index is 12.4.